The van der Waals surface area contributed by atoms with E-state index < -0.39 is 0 Å². The van der Waals surface area contributed by atoms with Crippen LogP contribution in [0.1, 0.15) is 58.1 Å². The lowest BCUT2D eigenvalue weighted by Gasteiger charge is -2.23. The summed E-state index contributed by atoms with van der Waals surface area (Å²) in [7, 11) is 0. The molecule has 1 unspecified atom stereocenters. The molecule has 3 rings (SSSR count). The lowest BCUT2D eigenvalue weighted by molar-refractivity contribution is 0.185. The van der Waals surface area contributed by atoms with Crippen LogP contribution in [0, 0.1) is 16.2 Å². The van der Waals surface area contributed by atoms with Gasteiger partial charge in [-0.3, -0.25) is 10.8 Å². The molecule has 4 nitrogen and oxygen atoms in total. The third kappa shape index (κ3) is 3.68. The lowest BCUT2D eigenvalue weighted by Crippen LogP contribution is -2.31. The molecule has 0 bridgehead atoms. The molecule has 1 aliphatic carbocycles. The normalized spacial score (nSPS) is 21.4. The molecule has 1 atom stereocenters. The van der Waals surface area contributed by atoms with Gasteiger partial charge < -0.3 is 10.1 Å². The highest BCUT2D eigenvalue weighted by Crippen LogP contribution is 2.27. The van der Waals surface area contributed by atoms with Crippen LogP contribution >= 0.6 is 0 Å². The van der Waals surface area contributed by atoms with E-state index in [9.17, 15) is 0 Å². The summed E-state index contributed by atoms with van der Waals surface area (Å²) in [4.78, 5) is 0. The first-order chi connectivity index (χ1) is 11.8. The van der Waals surface area contributed by atoms with Crippen molar-refractivity contribution < 1.29 is 4.74 Å². The average Bonchev–Trinajstić information content (AvgIpc) is 3.13. The van der Waals surface area contributed by atoms with Gasteiger partial charge in [-0.1, -0.05) is 32.9 Å². The summed E-state index contributed by atoms with van der Waals surface area (Å²) in [6.45, 7) is 8.64. The zero-order chi connectivity index (χ0) is 18.2. The third-order valence-corrected chi connectivity index (χ3v) is 4.54. The molecule has 0 saturated heterocycles. The van der Waals surface area contributed by atoms with Gasteiger partial charge in [0.25, 0.3) is 0 Å². The number of amidine groups is 2. The number of benzene rings is 1. The molecule has 0 spiro atoms. The van der Waals surface area contributed by atoms with Gasteiger partial charge in [-0.25, -0.2) is 0 Å². The molecule has 2 aliphatic rings. The Morgan fingerprint density at radius 1 is 1.24 bits per heavy atom. The molecule has 25 heavy (non-hydrogen) atoms. The standard InChI is InChI=1S/C21H27N3O/c1-5-13-10-16-17(20(23)24-19(16)22)11-15(13)18(12-21(2,3)4)25-14-8-6-7-9-14/h5-6,8,10-11,14H,7,9,12H2,1-4H3,(H3,22,23,24)/b13-5-,18-15+. The molecule has 1 aliphatic heterocycles. The first kappa shape index (κ1) is 17.5. The minimum absolute atomic E-state index is 0.0974. The van der Waals surface area contributed by atoms with Crippen molar-refractivity contribution in [3.05, 3.63) is 45.8 Å². The predicted octanol–water partition coefficient (Wildman–Crippen LogP) is 3.02. The van der Waals surface area contributed by atoms with E-state index in [1.54, 1.807) is 0 Å². The fourth-order valence-electron chi connectivity index (χ4n) is 3.34. The van der Waals surface area contributed by atoms with E-state index in [1.807, 2.05) is 19.1 Å². The van der Waals surface area contributed by atoms with Crippen LogP contribution in [0.15, 0.2) is 24.3 Å². The van der Waals surface area contributed by atoms with Gasteiger partial charge in [0, 0.05) is 22.8 Å². The van der Waals surface area contributed by atoms with Gasteiger partial charge in [-0.05, 0) is 48.6 Å². The van der Waals surface area contributed by atoms with Crippen LogP contribution in [-0.4, -0.2) is 17.8 Å². The zero-order valence-corrected chi connectivity index (χ0v) is 15.5. The first-order valence-electron chi connectivity index (χ1n) is 8.90. The van der Waals surface area contributed by atoms with Gasteiger partial charge in [0.2, 0.25) is 0 Å². The SMILES string of the molecule is C/C=c1/cc2c(c/c1=C(/CC(C)(C)C)OC1C=CCC1)C(=N)NC2=N. The van der Waals surface area contributed by atoms with Crippen molar-refractivity contribution in [1.82, 2.24) is 5.32 Å². The largest absolute Gasteiger partial charge is 0.490 e. The van der Waals surface area contributed by atoms with Gasteiger partial charge in [0.15, 0.2) is 0 Å². The Morgan fingerprint density at radius 2 is 1.92 bits per heavy atom. The Morgan fingerprint density at radius 3 is 2.48 bits per heavy atom. The smallest absolute Gasteiger partial charge is 0.131 e. The topological polar surface area (TPSA) is 69.0 Å². The van der Waals surface area contributed by atoms with E-state index in [-0.39, 0.29) is 11.5 Å². The van der Waals surface area contributed by atoms with Gasteiger partial charge in [-0.15, -0.1) is 0 Å². The van der Waals surface area contributed by atoms with Gasteiger partial charge >= 0.3 is 0 Å². The van der Waals surface area contributed by atoms with E-state index >= 15 is 0 Å². The van der Waals surface area contributed by atoms with Crippen LogP contribution in [0.5, 0.6) is 0 Å². The maximum absolute atomic E-state index is 8.11. The highest BCUT2D eigenvalue weighted by atomic mass is 16.5. The maximum atomic E-state index is 8.11. The zero-order valence-electron chi connectivity index (χ0n) is 15.5. The number of allylic oxidation sites excluding steroid dienone is 1. The van der Waals surface area contributed by atoms with Crippen LogP contribution in [0.3, 0.4) is 0 Å². The highest BCUT2D eigenvalue weighted by Gasteiger charge is 2.23. The summed E-state index contributed by atoms with van der Waals surface area (Å²) in [6, 6.07) is 4.01. The second-order valence-corrected chi connectivity index (χ2v) is 7.97. The average molecular weight is 337 g/mol. The fraction of sp³-hybridized carbons (Fsp3) is 0.429. The number of fused-ring (bicyclic) bond motifs is 1. The van der Waals surface area contributed by atoms with Crippen molar-refractivity contribution in [3.8, 4) is 0 Å². The molecular formula is C21H27N3O. The minimum atomic E-state index is 0.0974. The van der Waals surface area contributed by atoms with E-state index in [0.717, 1.165) is 46.6 Å². The monoisotopic (exact) mass is 337 g/mol. The number of hydrogen-bond donors (Lipinski definition) is 3. The maximum Gasteiger partial charge on any atom is 0.131 e. The van der Waals surface area contributed by atoms with Gasteiger partial charge in [-0.2, -0.15) is 0 Å². The molecule has 132 valence electrons. The second kappa shape index (κ2) is 6.51. The van der Waals surface area contributed by atoms with Gasteiger partial charge in [0.05, 0.1) is 0 Å². The summed E-state index contributed by atoms with van der Waals surface area (Å²) in [5, 5.41) is 21.0. The summed E-state index contributed by atoms with van der Waals surface area (Å²) >= 11 is 0. The molecule has 4 heteroatoms. The summed E-state index contributed by atoms with van der Waals surface area (Å²) in [5.74, 6) is 1.57. The van der Waals surface area contributed by atoms with Gasteiger partial charge in [0.1, 0.15) is 23.5 Å². The van der Waals surface area contributed by atoms with Crippen LogP contribution in [0.4, 0.5) is 0 Å². The number of hydrogen-bond acceptors (Lipinski definition) is 3. The molecular weight excluding hydrogens is 310 g/mol. The Balaban J connectivity index is 2.21. The van der Waals surface area contributed by atoms with Crippen molar-refractivity contribution in [3.63, 3.8) is 0 Å². The van der Waals surface area contributed by atoms with Crippen molar-refractivity contribution in [2.75, 3.05) is 0 Å². The van der Waals surface area contributed by atoms with Crippen molar-refractivity contribution >= 4 is 23.5 Å². The van der Waals surface area contributed by atoms with E-state index in [4.69, 9.17) is 15.6 Å². The van der Waals surface area contributed by atoms with E-state index in [0.29, 0.717) is 11.7 Å². The van der Waals surface area contributed by atoms with Crippen LogP contribution in [-0.2, 0) is 4.74 Å². The molecule has 0 saturated carbocycles. The Hall–Kier alpha value is -2.36. The van der Waals surface area contributed by atoms with Crippen LogP contribution in [0.2, 0.25) is 0 Å². The van der Waals surface area contributed by atoms with E-state index in [2.05, 4.69) is 44.3 Å². The first-order valence-corrected chi connectivity index (χ1v) is 8.90. The number of rotatable bonds is 3. The minimum Gasteiger partial charge on any atom is -0.490 e. The molecule has 0 aromatic heterocycles. The Bertz CT molecular complexity index is 872. The summed E-state index contributed by atoms with van der Waals surface area (Å²) in [6.07, 6.45) is 9.42. The molecule has 0 fully saturated rings. The van der Waals surface area contributed by atoms with Crippen LogP contribution in [0.25, 0.3) is 11.8 Å². The highest BCUT2D eigenvalue weighted by molar-refractivity contribution is 6.23. The summed E-state index contributed by atoms with van der Waals surface area (Å²) < 4.78 is 6.40. The molecule has 0 amide bonds. The Labute approximate surface area is 149 Å². The molecule has 1 aromatic carbocycles. The molecule has 1 aromatic rings. The third-order valence-electron chi connectivity index (χ3n) is 4.54. The van der Waals surface area contributed by atoms with E-state index in [1.165, 1.54) is 0 Å². The Kier molecular flexibility index (Phi) is 4.55. The van der Waals surface area contributed by atoms with Crippen molar-refractivity contribution in [2.24, 2.45) is 5.41 Å². The molecule has 1 heterocycles. The number of nitrogens with one attached hydrogen (secondary N) is 3. The molecule has 0 radical (unpaired) electrons. The van der Waals surface area contributed by atoms with Crippen molar-refractivity contribution in [1.29, 1.82) is 10.8 Å². The number of ether oxygens (including phenoxy) is 1. The fourth-order valence-corrected chi connectivity index (χ4v) is 3.34. The van der Waals surface area contributed by atoms with Crippen molar-refractivity contribution in [2.45, 2.75) is 53.1 Å². The quantitative estimate of drug-likeness (QED) is 0.742. The molecule has 3 N–H and O–H groups in total. The lowest BCUT2D eigenvalue weighted by atomic mass is 9.90. The second-order valence-electron chi connectivity index (χ2n) is 7.97. The predicted molar refractivity (Wildman–Crippen MR) is 103 cm³/mol. The van der Waals surface area contributed by atoms with Crippen LogP contribution < -0.4 is 15.8 Å². The summed E-state index contributed by atoms with van der Waals surface area (Å²) in [5.41, 5.74) is 1.67.